The van der Waals surface area contributed by atoms with E-state index in [0.29, 0.717) is 42.7 Å². The number of carbonyl (C=O) groups is 1. The maximum Gasteiger partial charge on any atom is 0.227 e. The first kappa shape index (κ1) is 20.4. The van der Waals surface area contributed by atoms with E-state index in [1.54, 1.807) is 18.2 Å². The molecule has 0 radical (unpaired) electrons. The van der Waals surface area contributed by atoms with Crippen LogP contribution < -0.4 is 4.90 Å². The number of piperidine rings is 2. The quantitative estimate of drug-likeness (QED) is 0.799. The fourth-order valence-corrected chi connectivity index (χ4v) is 4.50. The SMILES string of the molecule is O=C(C1CCCN(c2ccc(Cl)nn2)C1)N1CCC(O)(c2ccc(Cl)cc2)CC1. The number of amides is 1. The molecule has 3 heterocycles. The van der Waals surface area contributed by atoms with E-state index in [0.717, 1.165) is 30.8 Å². The number of halogens is 2. The average molecular weight is 435 g/mol. The number of nitrogens with zero attached hydrogens (tertiary/aromatic N) is 4. The van der Waals surface area contributed by atoms with Crippen LogP contribution in [-0.4, -0.2) is 52.3 Å². The number of hydrogen-bond acceptors (Lipinski definition) is 5. The zero-order chi connectivity index (χ0) is 20.4. The Hall–Kier alpha value is -1.89. The summed E-state index contributed by atoms with van der Waals surface area (Å²) in [4.78, 5) is 17.1. The maximum atomic E-state index is 13.1. The fraction of sp³-hybridized carbons (Fsp3) is 0.476. The molecule has 1 N–H and O–H groups in total. The van der Waals surface area contributed by atoms with E-state index in [-0.39, 0.29) is 11.8 Å². The molecule has 1 amide bonds. The topological polar surface area (TPSA) is 69.6 Å². The molecule has 1 aromatic heterocycles. The second-order valence-corrected chi connectivity index (χ2v) is 8.69. The van der Waals surface area contributed by atoms with Crippen molar-refractivity contribution in [2.45, 2.75) is 31.3 Å². The Kier molecular flexibility index (Phi) is 5.95. The normalized spacial score (nSPS) is 21.8. The molecule has 1 atom stereocenters. The van der Waals surface area contributed by atoms with E-state index in [1.165, 1.54) is 0 Å². The number of likely N-dealkylation sites (tertiary alicyclic amines) is 1. The number of hydrogen-bond donors (Lipinski definition) is 1. The van der Waals surface area contributed by atoms with Crippen molar-refractivity contribution in [3.8, 4) is 0 Å². The molecule has 2 saturated heterocycles. The van der Waals surface area contributed by atoms with Crippen molar-refractivity contribution in [1.29, 1.82) is 0 Å². The highest BCUT2D eigenvalue weighted by Gasteiger charge is 2.38. The van der Waals surface area contributed by atoms with E-state index in [9.17, 15) is 9.90 Å². The minimum atomic E-state index is -0.904. The van der Waals surface area contributed by atoms with E-state index in [4.69, 9.17) is 23.2 Å². The highest BCUT2D eigenvalue weighted by Crippen LogP contribution is 2.34. The van der Waals surface area contributed by atoms with Gasteiger partial charge in [0.25, 0.3) is 0 Å². The third kappa shape index (κ3) is 4.49. The highest BCUT2D eigenvalue weighted by molar-refractivity contribution is 6.30. The fourth-order valence-electron chi connectivity index (χ4n) is 4.27. The Bertz CT molecular complexity index is 852. The van der Waals surface area contributed by atoms with Crippen LogP contribution in [-0.2, 0) is 10.4 Å². The molecule has 0 saturated carbocycles. The molecule has 29 heavy (non-hydrogen) atoms. The molecule has 1 unspecified atom stereocenters. The number of carbonyl (C=O) groups excluding carboxylic acids is 1. The van der Waals surface area contributed by atoms with Gasteiger partial charge in [-0.25, -0.2) is 0 Å². The van der Waals surface area contributed by atoms with Crippen molar-refractivity contribution in [2.75, 3.05) is 31.1 Å². The molecule has 154 valence electrons. The molecule has 2 aromatic rings. The van der Waals surface area contributed by atoms with Gasteiger partial charge in [-0.15, -0.1) is 10.2 Å². The summed E-state index contributed by atoms with van der Waals surface area (Å²) >= 11 is 11.8. The Labute approximate surface area is 180 Å². The van der Waals surface area contributed by atoms with Crippen LogP contribution in [0.5, 0.6) is 0 Å². The third-order valence-electron chi connectivity index (χ3n) is 6.00. The van der Waals surface area contributed by atoms with Crippen LogP contribution >= 0.6 is 23.2 Å². The van der Waals surface area contributed by atoms with Gasteiger partial charge < -0.3 is 14.9 Å². The number of aromatic nitrogens is 2. The van der Waals surface area contributed by atoms with Gasteiger partial charge in [0.2, 0.25) is 5.91 Å². The first-order valence-electron chi connectivity index (χ1n) is 9.96. The summed E-state index contributed by atoms with van der Waals surface area (Å²) in [5.41, 5.74) is -0.0436. The number of aliphatic hydroxyl groups is 1. The molecule has 0 aliphatic carbocycles. The Morgan fingerprint density at radius 1 is 1.03 bits per heavy atom. The summed E-state index contributed by atoms with van der Waals surface area (Å²) < 4.78 is 0. The molecule has 2 aliphatic rings. The summed E-state index contributed by atoms with van der Waals surface area (Å²) in [5.74, 6) is 0.848. The van der Waals surface area contributed by atoms with Gasteiger partial charge in [-0.3, -0.25) is 4.79 Å². The predicted octanol–water partition coefficient (Wildman–Crippen LogP) is 3.51. The number of benzene rings is 1. The maximum absolute atomic E-state index is 13.1. The van der Waals surface area contributed by atoms with Gasteiger partial charge in [-0.1, -0.05) is 35.3 Å². The lowest BCUT2D eigenvalue weighted by atomic mass is 9.84. The molecule has 4 rings (SSSR count). The molecular formula is C21H24Cl2N4O2. The molecule has 6 nitrogen and oxygen atoms in total. The monoisotopic (exact) mass is 434 g/mol. The summed E-state index contributed by atoms with van der Waals surface area (Å²) in [7, 11) is 0. The number of rotatable bonds is 3. The highest BCUT2D eigenvalue weighted by atomic mass is 35.5. The van der Waals surface area contributed by atoms with E-state index in [1.807, 2.05) is 23.1 Å². The first-order chi connectivity index (χ1) is 13.9. The predicted molar refractivity (Wildman–Crippen MR) is 113 cm³/mol. The van der Waals surface area contributed by atoms with Crippen LogP contribution in [0.15, 0.2) is 36.4 Å². The lowest BCUT2D eigenvalue weighted by molar-refractivity contribution is -0.140. The molecule has 8 heteroatoms. The molecule has 2 aliphatic heterocycles. The largest absolute Gasteiger partial charge is 0.385 e. The Morgan fingerprint density at radius 2 is 1.76 bits per heavy atom. The Morgan fingerprint density at radius 3 is 2.41 bits per heavy atom. The summed E-state index contributed by atoms with van der Waals surface area (Å²) in [6, 6.07) is 10.9. The van der Waals surface area contributed by atoms with Crippen LogP contribution in [0, 0.1) is 5.92 Å². The smallest absolute Gasteiger partial charge is 0.227 e. The van der Waals surface area contributed by atoms with Gasteiger partial charge in [-0.05, 0) is 55.5 Å². The average Bonchev–Trinajstić information content (AvgIpc) is 2.75. The van der Waals surface area contributed by atoms with Crippen LogP contribution in [0.3, 0.4) is 0 Å². The van der Waals surface area contributed by atoms with Crippen molar-refractivity contribution in [1.82, 2.24) is 15.1 Å². The zero-order valence-electron chi connectivity index (χ0n) is 16.1. The summed E-state index contributed by atoms with van der Waals surface area (Å²) in [5, 5.41) is 20.1. The van der Waals surface area contributed by atoms with Gasteiger partial charge in [0.05, 0.1) is 11.5 Å². The third-order valence-corrected chi connectivity index (χ3v) is 6.45. The lowest BCUT2D eigenvalue weighted by Crippen LogP contribution is -2.50. The molecule has 1 aromatic carbocycles. The van der Waals surface area contributed by atoms with Crippen LogP contribution in [0.1, 0.15) is 31.2 Å². The molecule has 0 spiro atoms. The van der Waals surface area contributed by atoms with Crippen molar-refractivity contribution in [3.63, 3.8) is 0 Å². The second-order valence-electron chi connectivity index (χ2n) is 7.86. The van der Waals surface area contributed by atoms with Crippen molar-refractivity contribution in [2.24, 2.45) is 5.92 Å². The van der Waals surface area contributed by atoms with Gasteiger partial charge >= 0.3 is 0 Å². The van der Waals surface area contributed by atoms with Crippen molar-refractivity contribution < 1.29 is 9.90 Å². The molecular weight excluding hydrogens is 411 g/mol. The van der Waals surface area contributed by atoms with Crippen molar-refractivity contribution >= 4 is 34.9 Å². The number of anilines is 1. The summed E-state index contributed by atoms with van der Waals surface area (Å²) in [6.45, 7) is 2.59. The molecule has 0 bridgehead atoms. The van der Waals surface area contributed by atoms with Gasteiger partial charge in [0.15, 0.2) is 11.0 Å². The lowest BCUT2D eigenvalue weighted by Gasteiger charge is -2.41. The zero-order valence-corrected chi connectivity index (χ0v) is 17.6. The van der Waals surface area contributed by atoms with Gasteiger partial charge in [0, 0.05) is 31.2 Å². The second kappa shape index (κ2) is 8.46. The summed E-state index contributed by atoms with van der Waals surface area (Å²) in [6.07, 6.45) is 2.86. The van der Waals surface area contributed by atoms with Crippen LogP contribution in [0.2, 0.25) is 10.2 Å². The van der Waals surface area contributed by atoms with Gasteiger partial charge in [-0.2, -0.15) is 0 Å². The van der Waals surface area contributed by atoms with Crippen molar-refractivity contribution in [3.05, 3.63) is 52.1 Å². The molecule has 2 fully saturated rings. The minimum Gasteiger partial charge on any atom is -0.385 e. The minimum absolute atomic E-state index is 0.0667. The van der Waals surface area contributed by atoms with Crippen LogP contribution in [0.25, 0.3) is 0 Å². The van der Waals surface area contributed by atoms with E-state index < -0.39 is 5.60 Å². The first-order valence-corrected chi connectivity index (χ1v) is 10.7. The Balaban J connectivity index is 1.37. The van der Waals surface area contributed by atoms with Crippen LogP contribution in [0.4, 0.5) is 5.82 Å². The van der Waals surface area contributed by atoms with Gasteiger partial charge in [0.1, 0.15) is 0 Å². The van der Waals surface area contributed by atoms with E-state index in [2.05, 4.69) is 15.1 Å². The standard InChI is InChI=1S/C21H24Cl2N4O2/c22-17-5-3-16(4-6-17)21(29)9-12-26(13-10-21)20(28)15-2-1-11-27(14-15)19-8-7-18(23)24-25-19/h3-8,15,29H,1-2,9-14H2. The van der Waals surface area contributed by atoms with E-state index >= 15 is 0 Å².